The van der Waals surface area contributed by atoms with Gasteiger partial charge in [0.25, 0.3) is 0 Å². The van der Waals surface area contributed by atoms with Gasteiger partial charge in [-0.25, -0.2) is 4.58 Å². The van der Waals surface area contributed by atoms with Crippen LogP contribution in [0.5, 0.6) is 0 Å². The second-order valence-electron chi connectivity index (χ2n) is 5.34. The smallest absolute Gasteiger partial charge is 0.281 e. The van der Waals surface area contributed by atoms with Crippen molar-refractivity contribution in [2.24, 2.45) is 5.73 Å². The maximum atomic E-state index is 6.28. The predicted octanol–water partition coefficient (Wildman–Crippen LogP) is 3.13. The average Bonchev–Trinajstić information content (AvgIpc) is 2.75. The summed E-state index contributed by atoms with van der Waals surface area (Å²) >= 11 is 1.90. The lowest BCUT2D eigenvalue weighted by Gasteiger charge is -2.27. The summed E-state index contributed by atoms with van der Waals surface area (Å²) in [6.07, 6.45) is 5.35. The molecule has 0 saturated heterocycles. The molecule has 96 valence electrons. The molecule has 3 atom stereocenters. The Balaban J connectivity index is 1.89. The molecule has 0 unspecified atom stereocenters. The summed E-state index contributed by atoms with van der Waals surface area (Å²) in [4.78, 5) is 0. The monoisotopic (exact) mass is 261 g/mol. The van der Waals surface area contributed by atoms with E-state index in [2.05, 4.69) is 41.8 Å². The molecule has 1 heterocycles. The third-order valence-corrected chi connectivity index (χ3v) is 5.56. The van der Waals surface area contributed by atoms with E-state index >= 15 is 0 Å². The first-order valence-electron chi connectivity index (χ1n) is 6.90. The summed E-state index contributed by atoms with van der Waals surface area (Å²) in [6.45, 7) is 2.28. The molecule has 0 bridgehead atoms. The first-order valence-corrected chi connectivity index (χ1v) is 7.77. The molecule has 0 amide bonds. The van der Waals surface area contributed by atoms with Crippen molar-refractivity contribution in [1.82, 2.24) is 0 Å². The first-order chi connectivity index (χ1) is 8.77. The van der Waals surface area contributed by atoms with Crippen molar-refractivity contribution in [3.63, 3.8) is 0 Å². The molecule has 0 aromatic heterocycles. The van der Waals surface area contributed by atoms with Gasteiger partial charge in [-0.1, -0.05) is 36.8 Å². The number of benzene rings is 1. The fourth-order valence-corrected chi connectivity index (χ4v) is 4.72. The second kappa shape index (κ2) is 4.96. The molecule has 18 heavy (non-hydrogen) atoms. The minimum Gasteiger partial charge on any atom is -0.281 e. The van der Waals surface area contributed by atoms with Crippen molar-refractivity contribution in [3.8, 4) is 0 Å². The molecule has 1 aliphatic heterocycles. The van der Waals surface area contributed by atoms with Crippen molar-refractivity contribution in [3.05, 3.63) is 35.9 Å². The maximum absolute atomic E-state index is 6.28. The number of hydrogen-bond acceptors (Lipinski definition) is 2. The fourth-order valence-electron chi connectivity index (χ4n) is 3.28. The van der Waals surface area contributed by atoms with Crippen LogP contribution < -0.4 is 5.73 Å². The average molecular weight is 261 g/mol. The number of hydrogen-bond donors (Lipinski definition) is 1. The lowest BCUT2D eigenvalue weighted by molar-refractivity contribution is -0.601. The van der Waals surface area contributed by atoms with Crippen molar-refractivity contribution in [2.45, 2.75) is 49.9 Å². The van der Waals surface area contributed by atoms with Crippen molar-refractivity contribution >= 4 is 16.9 Å². The summed E-state index contributed by atoms with van der Waals surface area (Å²) in [5.41, 5.74) is 7.65. The van der Waals surface area contributed by atoms with Crippen LogP contribution in [0.25, 0.3) is 0 Å². The van der Waals surface area contributed by atoms with Gasteiger partial charge in [-0.15, -0.1) is 0 Å². The standard InChI is InChI=1S/C15H20N2S/c1-11(12-7-3-2-4-8-12)17-13-9-5-6-10-14(13)18-15(17)16/h2-4,7-8,11,13-14,16H,5-6,9-10H2,1H3/p+1/t11-,13+,14+/m1/s1. The quantitative estimate of drug-likeness (QED) is 0.829. The Bertz CT molecular complexity index is 455. The van der Waals surface area contributed by atoms with E-state index in [1.54, 1.807) is 0 Å². The van der Waals surface area contributed by atoms with Gasteiger partial charge >= 0.3 is 5.17 Å². The summed E-state index contributed by atoms with van der Waals surface area (Å²) in [5, 5.41) is 1.76. The van der Waals surface area contributed by atoms with Crippen LogP contribution in [0.3, 0.4) is 0 Å². The SMILES string of the molecule is C[C@H](c1ccccc1)[N+]1=C(N)S[C@H]2CCCC[C@@H]21. The minimum atomic E-state index is 0.395. The Hall–Kier alpha value is -0.960. The van der Waals surface area contributed by atoms with E-state index in [4.69, 9.17) is 5.73 Å². The first kappa shape index (κ1) is 12.1. The third kappa shape index (κ3) is 2.05. The summed E-state index contributed by atoms with van der Waals surface area (Å²) < 4.78 is 2.46. The highest BCUT2D eigenvalue weighted by molar-refractivity contribution is 8.14. The second-order valence-corrected chi connectivity index (χ2v) is 6.60. The third-order valence-electron chi connectivity index (χ3n) is 4.25. The molecule has 1 saturated carbocycles. The van der Waals surface area contributed by atoms with Crippen LogP contribution in [0, 0.1) is 0 Å². The van der Waals surface area contributed by atoms with E-state index < -0.39 is 0 Å². The highest BCUT2D eigenvalue weighted by Crippen LogP contribution is 2.38. The lowest BCUT2D eigenvalue weighted by Crippen LogP contribution is -2.36. The highest BCUT2D eigenvalue weighted by Gasteiger charge is 2.42. The zero-order chi connectivity index (χ0) is 12.5. The lowest BCUT2D eigenvalue weighted by atomic mass is 9.93. The van der Waals surface area contributed by atoms with Gasteiger partial charge < -0.3 is 0 Å². The van der Waals surface area contributed by atoms with Gasteiger partial charge in [-0.3, -0.25) is 5.73 Å². The van der Waals surface area contributed by atoms with Crippen LogP contribution >= 0.6 is 11.8 Å². The van der Waals surface area contributed by atoms with Crippen LogP contribution in [0.1, 0.15) is 44.2 Å². The molecule has 3 heteroatoms. The Morgan fingerprint density at radius 1 is 1.22 bits per heavy atom. The van der Waals surface area contributed by atoms with E-state index in [1.807, 2.05) is 11.8 Å². The summed E-state index contributed by atoms with van der Waals surface area (Å²) in [7, 11) is 0. The number of nitrogens with two attached hydrogens (primary N) is 1. The maximum Gasteiger partial charge on any atom is 0.305 e. The number of thioether (sulfide) groups is 1. The largest absolute Gasteiger partial charge is 0.305 e. The van der Waals surface area contributed by atoms with Gasteiger partial charge in [0.1, 0.15) is 12.1 Å². The van der Waals surface area contributed by atoms with Gasteiger partial charge in [0.2, 0.25) is 0 Å². The van der Waals surface area contributed by atoms with Gasteiger partial charge in [0.15, 0.2) is 0 Å². The normalized spacial score (nSPS) is 29.2. The Morgan fingerprint density at radius 2 is 1.94 bits per heavy atom. The van der Waals surface area contributed by atoms with Crippen LogP contribution in [0.4, 0.5) is 0 Å². The Morgan fingerprint density at radius 3 is 2.72 bits per heavy atom. The number of fused-ring (bicyclic) bond motifs is 1. The van der Waals surface area contributed by atoms with E-state index in [0.717, 1.165) is 10.4 Å². The molecule has 1 aliphatic carbocycles. The topological polar surface area (TPSA) is 29.0 Å². The number of amidine groups is 1. The van der Waals surface area contributed by atoms with Crippen LogP contribution in [0.15, 0.2) is 30.3 Å². The molecule has 2 N–H and O–H groups in total. The molecule has 0 radical (unpaired) electrons. The van der Waals surface area contributed by atoms with Gasteiger partial charge in [0, 0.05) is 0 Å². The Labute approximate surface area is 113 Å². The molecular formula is C15H21N2S+. The van der Waals surface area contributed by atoms with Gasteiger partial charge in [-0.05, 0) is 43.5 Å². The van der Waals surface area contributed by atoms with E-state index in [9.17, 15) is 0 Å². The van der Waals surface area contributed by atoms with Gasteiger partial charge in [0.05, 0.1) is 5.25 Å². The summed E-state index contributed by atoms with van der Waals surface area (Å²) in [6, 6.07) is 11.8. The minimum absolute atomic E-state index is 0.395. The van der Waals surface area contributed by atoms with Crippen LogP contribution in [0.2, 0.25) is 0 Å². The molecule has 1 aromatic rings. The zero-order valence-corrected chi connectivity index (χ0v) is 11.7. The van der Waals surface area contributed by atoms with Crippen molar-refractivity contribution in [1.29, 1.82) is 0 Å². The van der Waals surface area contributed by atoms with Gasteiger partial charge in [-0.2, -0.15) is 0 Å². The van der Waals surface area contributed by atoms with Crippen LogP contribution in [-0.2, 0) is 0 Å². The number of rotatable bonds is 2. The van der Waals surface area contributed by atoms with E-state index in [1.165, 1.54) is 31.2 Å². The van der Waals surface area contributed by atoms with E-state index in [-0.39, 0.29) is 0 Å². The fraction of sp³-hybridized carbons (Fsp3) is 0.533. The molecule has 1 fully saturated rings. The van der Waals surface area contributed by atoms with E-state index in [0.29, 0.717) is 12.1 Å². The molecule has 3 rings (SSSR count). The highest BCUT2D eigenvalue weighted by atomic mass is 32.2. The van der Waals surface area contributed by atoms with Crippen molar-refractivity contribution in [2.75, 3.05) is 0 Å². The Kier molecular flexibility index (Phi) is 3.33. The number of nitrogens with zero attached hydrogens (tertiary/aromatic N) is 1. The van der Waals surface area contributed by atoms with Crippen LogP contribution in [-0.4, -0.2) is 21.0 Å². The molecule has 2 nitrogen and oxygen atoms in total. The molecular weight excluding hydrogens is 240 g/mol. The summed E-state index contributed by atoms with van der Waals surface area (Å²) in [5.74, 6) is 0. The molecule has 0 spiro atoms. The zero-order valence-electron chi connectivity index (χ0n) is 10.9. The molecule has 1 aromatic carbocycles. The molecule has 2 aliphatic rings. The van der Waals surface area contributed by atoms with Crippen molar-refractivity contribution < 1.29 is 4.58 Å². The predicted molar refractivity (Wildman–Crippen MR) is 77.9 cm³/mol.